The minimum absolute atomic E-state index is 0.0701. The molecule has 10 nitrogen and oxygen atoms in total. The highest BCUT2D eigenvalue weighted by atomic mass is 16.5. The Morgan fingerprint density at radius 1 is 1.06 bits per heavy atom. The van der Waals surface area contributed by atoms with Gasteiger partial charge in [0.05, 0.1) is 42.7 Å². The molecule has 0 aliphatic carbocycles. The van der Waals surface area contributed by atoms with E-state index < -0.39 is 5.91 Å². The summed E-state index contributed by atoms with van der Waals surface area (Å²) in [6.45, 7) is 4.56. The molecule has 1 atom stereocenters. The van der Waals surface area contributed by atoms with Crippen LogP contribution < -0.4 is 26.6 Å². The number of carbonyl (C=O) groups is 1. The first-order valence-electron chi connectivity index (χ1n) is 11.4. The zero-order chi connectivity index (χ0) is 23.5. The van der Waals surface area contributed by atoms with E-state index in [4.69, 9.17) is 16.2 Å². The van der Waals surface area contributed by atoms with E-state index in [9.17, 15) is 4.79 Å². The molecule has 2 fully saturated rings. The van der Waals surface area contributed by atoms with E-state index in [-0.39, 0.29) is 17.6 Å². The van der Waals surface area contributed by atoms with Gasteiger partial charge in [0.2, 0.25) is 0 Å². The van der Waals surface area contributed by atoms with Crippen molar-refractivity contribution in [1.82, 2.24) is 15.0 Å². The Hall–Kier alpha value is -3.76. The van der Waals surface area contributed by atoms with Gasteiger partial charge in [-0.2, -0.15) is 0 Å². The molecule has 5 rings (SSSR count). The molecule has 3 aromatic rings. The molecule has 2 saturated heterocycles. The average molecular weight is 461 g/mol. The van der Waals surface area contributed by atoms with Crippen LogP contribution in [0.4, 0.5) is 22.9 Å². The monoisotopic (exact) mass is 460 g/mol. The average Bonchev–Trinajstić information content (AvgIpc) is 3.31. The smallest absolute Gasteiger partial charge is 0.278 e. The number of pyridine rings is 1. The number of nitrogens with two attached hydrogens (primary N) is 2. The molecule has 0 spiro atoms. The number of carbonyl (C=O) groups excluding carboxylic acids is 1. The lowest BCUT2D eigenvalue weighted by atomic mass is 10.1. The molecule has 0 radical (unpaired) electrons. The molecule has 0 bridgehead atoms. The number of morpholine rings is 1. The van der Waals surface area contributed by atoms with E-state index in [1.807, 2.05) is 30.3 Å². The third kappa shape index (κ3) is 4.63. The molecule has 2 aliphatic rings. The fourth-order valence-corrected chi connectivity index (χ4v) is 4.31. The van der Waals surface area contributed by atoms with Gasteiger partial charge in [-0.05, 0) is 24.6 Å². The number of amides is 1. The van der Waals surface area contributed by atoms with Crippen LogP contribution in [0.5, 0.6) is 0 Å². The lowest BCUT2D eigenvalue weighted by Crippen LogP contribution is -2.36. The molecule has 176 valence electrons. The summed E-state index contributed by atoms with van der Waals surface area (Å²) in [5, 5.41) is 2.91. The van der Waals surface area contributed by atoms with Gasteiger partial charge in [-0.15, -0.1) is 0 Å². The maximum atomic E-state index is 13.1. The Kier molecular flexibility index (Phi) is 6.24. The van der Waals surface area contributed by atoms with E-state index in [0.717, 1.165) is 49.5 Å². The summed E-state index contributed by atoms with van der Waals surface area (Å²) in [5.41, 5.74) is 16.1. The summed E-state index contributed by atoms with van der Waals surface area (Å²) in [6.07, 6.45) is 5.90. The van der Waals surface area contributed by atoms with Crippen LogP contribution in [0.15, 0.2) is 48.9 Å². The molecule has 2 aromatic heterocycles. The van der Waals surface area contributed by atoms with E-state index in [1.54, 1.807) is 18.6 Å². The molecular weight excluding hydrogens is 432 g/mol. The number of benzene rings is 1. The Balaban J connectivity index is 1.36. The Bertz CT molecular complexity index is 1160. The van der Waals surface area contributed by atoms with Crippen molar-refractivity contribution < 1.29 is 9.53 Å². The second-order valence-electron chi connectivity index (χ2n) is 8.48. The van der Waals surface area contributed by atoms with Crippen LogP contribution >= 0.6 is 0 Å². The molecule has 0 saturated carbocycles. The number of rotatable bonds is 5. The molecule has 34 heavy (non-hydrogen) atoms. The van der Waals surface area contributed by atoms with Gasteiger partial charge in [0.25, 0.3) is 5.91 Å². The number of aromatic nitrogens is 3. The number of hydrogen-bond donors (Lipinski definition) is 3. The zero-order valence-corrected chi connectivity index (χ0v) is 18.9. The molecule has 10 heteroatoms. The van der Waals surface area contributed by atoms with Crippen LogP contribution in [-0.2, 0) is 4.74 Å². The van der Waals surface area contributed by atoms with Crippen molar-refractivity contribution >= 4 is 28.8 Å². The van der Waals surface area contributed by atoms with Crippen molar-refractivity contribution in [3.63, 3.8) is 0 Å². The van der Waals surface area contributed by atoms with Gasteiger partial charge < -0.3 is 31.3 Å². The lowest BCUT2D eigenvalue weighted by molar-refractivity contribution is 0.102. The predicted octanol–water partition coefficient (Wildman–Crippen LogP) is 1.75. The number of anilines is 4. The van der Waals surface area contributed by atoms with E-state index in [2.05, 4.69) is 30.1 Å². The van der Waals surface area contributed by atoms with Gasteiger partial charge in [0.1, 0.15) is 0 Å². The van der Waals surface area contributed by atoms with Crippen LogP contribution in [-0.4, -0.2) is 66.3 Å². The lowest BCUT2D eigenvalue weighted by Gasteiger charge is -2.30. The van der Waals surface area contributed by atoms with Crippen molar-refractivity contribution in [2.24, 2.45) is 5.73 Å². The summed E-state index contributed by atoms with van der Waals surface area (Å²) in [5.74, 6) is -0.363. The molecular formula is C24H28N8O2. The number of nitrogen functional groups attached to an aromatic ring is 1. The van der Waals surface area contributed by atoms with Crippen molar-refractivity contribution in [3.05, 3.63) is 54.6 Å². The number of nitrogens with one attached hydrogen (secondary N) is 1. The highest BCUT2D eigenvalue weighted by molar-refractivity contribution is 6.07. The van der Waals surface area contributed by atoms with E-state index in [1.165, 1.54) is 0 Å². The van der Waals surface area contributed by atoms with E-state index in [0.29, 0.717) is 24.6 Å². The van der Waals surface area contributed by atoms with Gasteiger partial charge >= 0.3 is 0 Å². The van der Waals surface area contributed by atoms with Crippen molar-refractivity contribution in [3.8, 4) is 11.3 Å². The SMILES string of the molecule is Nc1ncc(-c2ccc(N3CC[C@@H](N)C3)cc2)nc1C(=O)Nc1cnccc1N1CCOCC1. The minimum Gasteiger partial charge on any atom is -0.382 e. The Morgan fingerprint density at radius 2 is 1.85 bits per heavy atom. The van der Waals surface area contributed by atoms with Crippen LogP contribution in [0.1, 0.15) is 16.9 Å². The third-order valence-electron chi connectivity index (χ3n) is 6.17. The third-order valence-corrected chi connectivity index (χ3v) is 6.17. The van der Waals surface area contributed by atoms with Crippen molar-refractivity contribution in [2.75, 3.05) is 60.2 Å². The number of hydrogen-bond acceptors (Lipinski definition) is 9. The normalized spacial score (nSPS) is 18.2. The highest BCUT2D eigenvalue weighted by Gasteiger charge is 2.21. The molecule has 5 N–H and O–H groups in total. The fourth-order valence-electron chi connectivity index (χ4n) is 4.31. The highest BCUT2D eigenvalue weighted by Crippen LogP contribution is 2.27. The zero-order valence-electron chi connectivity index (χ0n) is 18.9. The standard InChI is InChI=1S/C24H28N8O2/c25-17-6-8-32(15-17)18-3-1-16(2-4-18)19-14-28-23(26)22(29-19)24(33)30-20-13-27-7-5-21(20)31-9-11-34-12-10-31/h1-5,7,13-14,17H,6,8-12,15,25H2,(H2,26,28)(H,30,33)/t17-/m1/s1. The van der Waals surface area contributed by atoms with Crippen LogP contribution in [0, 0.1) is 0 Å². The first-order valence-corrected chi connectivity index (χ1v) is 11.4. The van der Waals surface area contributed by atoms with Gasteiger partial charge in [0.15, 0.2) is 11.5 Å². The van der Waals surface area contributed by atoms with Gasteiger partial charge in [-0.1, -0.05) is 12.1 Å². The number of ether oxygens (including phenoxy) is 1. The van der Waals surface area contributed by atoms with Crippen molar-refractivity contribution in [1.29, 1.82) is 0 Å². The van der Waals surface area contributed by atoms with Gasteiger partial charge in [-0.3, -0.25) is 9.78 Å². The minimum atomic E-state index is -0.433. The Labute approximate surface area is 198 Å². The predicted molar refractivity (Wildman–Crippen MR) is 132 cm³/mol. The van der Waals surface area contributed by atoms with Gasteiger partial charge in [-0.25, -0.2) is 9.97 Å². The molecule has 0 unspecified atom stereocenters. The summed E-state index contributed by atoms with van der Waals surface area (Å²) in [4.78, 5) is 30.5. The summed E-state index contributed by atoms with van der Waals surface area (Å²) < 4.78 is 5.44. The van der Waals surface area contributed by atoms with Crippen molar-refractivity contribution in [2.45, 2.75) is 12.5 Å². The van der Waals surface area contributed by atoms with Crippen LogP contribution in [0.2, 0.25) is 0 Å². The first kappa shape index (κ1) is 22.1. The topological polar surface area (TPSA) is 136 Å². The summed E-state index contributed by atoms with van der Waals surface area (Å²) >= 11 is 0. The second kappa shape index (κ2) is 9.62. The fraction of sp³-hybridized carbons (Fsp3) is 0.333. The first-order chi connectivity index (χ1) is 16.6. The molecule has 2 aliphatic heterocycles. The second-order valence-corrected chi connectivity index (χ2v) is 8.48. The Morgan fingerprint density at radius 3 is 2.59 bits per heavy atom. The van der Waals surface area contributed by atoms with E-state index >= 15 is 0 Å². The largest absolute Gasteiger partial charge is 0.382 e. The summed E-state index contributed by atoms with van der Waals surface area (Å²) in [7, 11) is 0. The number of nitrogens with zero attached hydrogens (tertiary/aromatic N) is 5. The maximum absolute atomic E-state index is 13.1. The van der Waals surface area contributed by atoms with Gasteiger partial charge in [0, 0.05) is 49.7 Å². The molecule has 4 heterocycles. The quantitative estimate of drug-likeness (QED) is 0.520. The van der Waals surface area contributed by atoms with Crippen LogP contribution in [0.3, 0.4) is 0 Å². The summed E-state index contributed by atoms with van der Waals surface area (Å²) in [6, 6.07) is 10.1. The molecule has 1 aromatic carbocycles. The maximum Gasteiger partial charge on any atom is 0.278 e. The molecule has 1 amide bonds. The van der Waals surface area contributed by atoms with Crippen LogP contribution in [0.25, 0.3) is 11.3 Å².